The molecule has 25 heavy (non-hydrogen) atoms. The van der Waals surface area contributed by atoms with Gasteiger partial charge in [0, 0.05) is 19.7 Å². The first kappa shape index (κ1) is 18.3. The number of fused-ring (bicyclic) bond motifs is 1. The molecule has 0 aliphatic carbocycles. The number of nitrogens with zero attached hydrogens (tertiary/aromatic N) is 2. The summed E-state index contributed by atoms with van der Waals surface area (Å²) in [6, 6.07) is 11.5. The van der Waals surface area contributed by atoms with Crippen molar-refractivity contribution in [2.75, 3.05) is 27.3 Å². The monoisotopic (exact) mass is 338 g/mol. The third kappa shape index (κ3) is 4.10. The molecule has 0 spiro atoms. The van der Waals surface area contributed by atoms with E-state index in [1.54, 1.807) is 20.2 Å². The van der Waals surface area contributed by atoms with Crippen molar-refractivity contribution >= 4 is 22.8 Å². The molecule has 1 amide bonds. The molecule has 5 heteroatoms. The Morgan fingerprint density at radius 1 is 1.16 bits per heavy atom. The van der Waals surface area contributed by atoms with E-state index in [2.05, 4.69) is 0 Å². The number of nitriles is 1. The Morgan fingerprint density at radius 2 is 1.84 bits per heavy atom. The van der Waals surface area contributed by atoms with Crippen LogP contribution in [-0.4, -0.2) is 38.1 Å². The van der Waals surface area contributed by atoms with Crippen LogP contribution < -0.4 is 9.47 Å². The summed E-state index contributed by atoms with van der Waals surface area (Å²) in [5, 5.41) is 11.3. The van der Waals surface area contributed by atoms with E-state index in [1.807, 2.05) is 50.2 Å². The zero-order valence-electron chi connectivity index (χ0n) is 15.0. The first-order valence-electron chi connectivity index (χ1n) is 8.17. The molecule has 0 atom stereocenters. The van der Waals surface area contributed by atoms with E-state index < -0.39 is 0 Å². The summed E-state index contributed by atoms with van der Waals surface area (Å²) in [5.41, 5.74) is 0.757. The van der Waals surface area contributed by atoms with Crippen molar-refractivity contribution in [3.8, 4) is 17.6 Å². The summed E-state index contributed by atoms with van der Waals surface area (Å²) in [4.78, 5) is 13.6. The third-order valence-electron chi connectivity index (χ3n) is 3.65. The lowest BCUT2D eigenvalue weighted by atomic mass is 10.0. The minimum Gasteiger partial charge on any atom is -0.494 e. The van der Waals surface area contributed by atoms with Gasteiger partial charge >= 0.3 is 0 Å². The summed E-state index contributed by atoms with van der Waals surface area (Å²) in [6.07, 6.45) is 1.59. The number of hydrogen-bond donors (Lipinski definition) is 0. The molecule has 0 saturated carbocycles. The van der Waals surface area contributed by atoms with Gasteiger partial charge in [0.2, 0.25) is 0 Å². The molecule has 0 aliphatic rings. The Kier molecular flexibility index (Phi) is 6.02. The number of amides is 1. The van der Waals surface area contributed by atoms with Crippen molar-refractivity contribution in [3.05, 3.63) is 41.5 Å². The van der Waals surface area contributed by atoms with Crippen molar-refractivity contribution in [2.45, 2.75) is 13.8 Å². The van der Waals surface area contributed by atoms with Gasteiger partial charge in [-0.1, -0.05) is 12.1 Å². The van der Waals surface area contributed by atoms with Crippen LogP contribution in [0, 0.1) is 11.3 Å². The third-order valence-corrected chi connectivity index (χ3v) is 3.65. The molecule has 0 aliphatic heterocycles. The van der Waals surface area contributed by atoms with Gasteiger partial charge in [-0.05, 0) is 48.9 Å². The fourth-order valence-corrected chi connectivity index (χ4v) is 2.52. The number of benzene rings is 2. The highest BCUT2D eigenvalue weighted by atomic mass is 16.5. The second-order valence-corrected chi connectivity index (χ2v) is 5.60. The number of carbonyl (C=O) groups excluding carboxylic acids is 1. The molecular formula is C20H22N2O3. The Labute approximate surface area is 148 Å². The summed E-state index contributed by atoms with van der Waals surface area (Å²) < 4.78 is 11.3. The van der Waals surface area contributed by atoms with Gasteiger partial charge < -0.3 is 14.4 Å². The van der Waals surface area contributed by atoms with Crippen LogP contribution in [0.25, 0.3) is 16.8 Å². The molecule has 130 valence electrons. The van der Waals surface area contributed by atoms with Crippen LogP contribution in [0.4, 0.5) is 0 Å². The summed E-state index contributed by atoms with van der Waals surface area (Å²) in [5.74, 6) is 1.02. The first-order valence-corrected chi connectivity index (χ1v) is 8.17. The van der Waals surface area contributed by atoms with Crippen molar-refractivity contribution in [2.24, 2.45) is 0 Å². The normalized spacial score (nSPS) is 11.1. The second kappa shape index (κ2) is 8.20. The van der Waals surface area contributed by atoms with Crippen LogP contribution in [0.3, 0.4) is 0 Å². The van der Waals surface area contributed by atoms with Crippen LogP contribution >= 0.6 is 0 Å². The zero-order valence-corrected chi connectivity index (χ0v) is 15.0. The molecule has 0 heterocycles. The Balaban J connectivity index is 2.72. The summed E-state index contributed by atoms with van der Waals surface area (Å²) in [6.45, 7) is 4.86. The molecule has 0 unspecified atom stereocenters. The largest absolute Gasteiger partial charge is 0.494 e. The van der Waals surface area contributed by atoms with Gasteiger partial charge in [0.05, 0.1) is 13.2 Å². The molecule has 0 radical (unpaired) electrons. The molecule has 0 aromatic heterocycles. The molecule has 0 bridgehead atoms. The van der Waals surface area contributed by atoms with Gasteiger partial charge in [0.1, 0.15) is 23.1 Å². The number of hydrogen-bond acceptors (Lipinski definition) is 4. The Morgan fingerprint density at radius 3 is 2.44 bits per heavy atom. The summed E-state index contributed by atoms with van der Waals surface area (Å²) in [7, 11) is 3.24. The average molecular weight is 338 g/mol. The van der Waals surface area contributed by atoms with Gasteiger partial charge in [0.15, 0.2) is 0 Å². The second-order valence-electron chi connectivity index (χ2n) is 5.60. The number of likely N-dealkylation sites (N-methyl/N-ethyl adjacent to an activating group) is 1. The molecule has 2 aromatic carbocycles. The van der Waals surface area contributed by atoms with E-state index >= 15 is 0 Å². The van der Waals surface area contributed by atoms with Gasteiger partial charge in [-0.25, -0.2) is 0 Å². The van der Waals surface area contributed by atoms with Gasteiger partial charge in [-0.3, -0.25) is 4.79 Å². The summed E-state index contributed by atoms with van der Waals surface area (Å²) >= 11 is 0. The predicted octanol–water partition coefficient (Wildman–Crippen LogP) is 3.63. The lowest BCUT2D eigenvalue weighted by molar-refractivity contribution is -0.124. The lowest BCUT2D eigenvalue weighted by Gasteiger charge is -2.14. The maximum atomic E-state index is 12.2. The fourth-order valence-electron chi connectivity index (χ4n) is 2.52. The predicted molar refractivity (Wildman–Crippen MR) is 98.6 cm³/mol. The van der Waals surface area contributed by atoms with Crippen LogP contribution in [0.15, 0.2) is 35.9 Å². The fraction of sp³-hybridized carbons (Fsp3) is 0.300. The van der Waals surface area contributed by atoms with Crippen molar-refractivity contribution < 1.29 is 14.3 Å². The SMILES string of the molecule is CCOc1ccc2ccc(OCC)c(/C=C(/C#N)C(=O)N(C)C)c2c1. The molecule has 2 aromatic rings. The maximum absolute atomic E-state index is 12.2. The van der Waals surface area contributed by atoms with Crippen LogP contribution in [-0.2, 0) is 4.79 Å². The van der Waals surface area contributed by atoms with E-state index in [-0.39, 0.29) is 11.5 Å². The highest BCUT2D eigenvalue weighted by Crippen LogP contribution is 2.33. The smallest absolute Gasteiger partial charge is 0.264 e. The van der Waals surface area contributed by atoms with E-state index in [4.69, 9.17) is 9.47 Å². The minimum atomic E-state index is -0.345. The topological polar surface area (TPSA) is 62.6 Å². The average Bonchev–Trinajstić information content (AvgIpc) is 2.60. The van der Waals surface area contributed by atoms with E-state index in [0.717, 1.165) is 16.5 Å². The number of rotatable bonds is 6. The number of carbonyl (C=O) groups is 1. The quantitative estimate of drug-likeness (QED) is 0.596. The lowest BCUT2D eigenvalue weighted by Crippen LogP contribution is -2.22. The maximum Gasteiger partial charge on any atom is 0.264 e. The first-order chi connectivity index (χ1) is 12.0. The molecule has 2 rings (SSSR count). The highest BCUT2D eigenvalue weighted by Gasteiger charge is 2.15. The Bertz CT molecular complexity index is 843. The van der Waals surface area contributed by atoms with E-state index in [9.17, 15) is 10.1 Å². The molecule has 5 nitrogen and oxygen atoms in total. The van der Waals surface area contributed by atoms with Crippen LogP contribution in [0.2, 0.25) is 0 Å². The zero-order chi connectivity index (χ0) is 18.4. The van der Waals surface area contributed by atoms with Crippen LogP contribution in [0.5, 0.6) is 11.5 Å². The Hall–Kier alpha value is -3.00. The highest BCUT2D eigenvalue weighted by molar-refractivity contribution is 6.05. The molecule has 0 saturated heterocycles. The molecule has 0 N–H and O–H groups in total. The van der Waals surface area contributed by atoms with Crippen molar-refractivity contribution in [3.63, 3.8) is 0 Å². The van der Waals surface area contributed by atoms with Gasteiger partial charge in [0.25, 0.3) is 5.91 Å². The van der Waals surface area contributed by atoms with Crippen LogP contribution in [0.1, 0.15) is 19.4 Å². The molecule has 0 fully saturated rings. The van der Waals surface area contributed by atoms with E-state index in [0.29, 0.717) is 24.5 Å². The number of ether oxygens (including phenoxy) is 2. The minimum absolute atomic E-state index is 0.0558. The molecular weight excluding hydrogens is 316 g/mol. The van der Waals surface area contributed by atoms with Gasteiger partial charge in [-0.2, -0.15) is 5.26 Å². The van der Waals surface area contributed by atoms with E-state index in [1.165, 1.54) is 4.90 Å². The van der Waals surface area contributed by atoms with Gasteiger partial charge in [-0.15, -0.1) is 0 Å². The van der Waals surface area contributed by atoms with Crippen molar-refractivity contribution in [1.29, 1.82) is 5.26 Å². The van der Waals surface area contributed by atoms with Crippen molar-refractivity contribution in [1.82, 2.24) is 4.90 Å². The standard InChI is InChI=1S/C20H22N2O3/c1-5-24-16-9-7-14-8-10-19(25-6-2)18(17(14)12-16)11-15(13-21)20(23)22(3)4/h7-12H,5-6H2,1-4H3/b15-11-.